The van der Waals surface area contributed by atoms with E-state index in [0.717, 1.165) is 11.1 Å². The molecule has 4 aromatic rings. The fraction of sp³-hybridized carbons (Fsp3) is 0.240. The average molecular weight is 447 g/mol. The van der Waals surface area contributed by atoms with Gasteiger partial charge in [0.2, 0.25) is 5.91 Å². The maximum Gasteiger partial charge on any atom is 0.226 e. The van der Waals surface area contributed by atoms with Crippen LogP contribution >= 0.6 is 0 Å². The van der Waals surface area contributed by atoms with Crippen molar-refractivity contribution in [3.63, 3.8) is 0 Å². The van der Waals surface area contributed by atoms with Gasteiger partial charge >= 0.3 is 0 Å². The lowest BCUT2D eigenvalue weighted by molar-refractivity contribution is -0.116. The summed E-state index contributed by atoms with van der Waals surface area (Å²) in [4.78, 5) is 16.9. The number of nitrogens with one attached hydrogen (secondary N) is 1. The Hall–Kier alpha value is -4.07. The summed E-state index contributed by atoms with van der Waals surface area (Å²) in [5.74, 6) is 2.94. The molecule has 2 aromatic carbocycles. The number of hydrogen-bond donors (Lipinski definition) is 1. The normalized spacial score (nSPS) is 10.8. The number of aromatic nitrogens is 3. The molecule has 0 unspecified atom stereocenters. The molecule has 0 radical (unpaired) electrons. The minimum absolute atomic E-state index is 0.149. The largest absolute Gasteiger partial charge is 0.493 e. The molecular formula is C25H26N4O4. The summed E-state index contributed by atoms with van der Waals surface area (Å²) in [5.41, 5.74) is 3.03. The first kappa shape index (κ1) is 22.1. The van der Waals surface area contributed by atoms with Crippen molar-refractivity contribution in [1.82, 2.24) is 14.8 Å². The predicted octanol–water partition coefficient (Wildman–Crippen LogP) is 4.48. The zero-order valence-electron chi connectivity index (χ0n) is 18.9. The van der Waals surface area contributed by atoms with Crippen LogP contribution in [0.1, 0.15) is 23.4 Å². The number of benzene rings is 2. The Kier molecular flexibility index (Phi) is 6.73. The highest BCUT2D eigenvalue weighted by atomic mass is 16.5. The van der Waals surface area contributed by atoms with Crippen LogP contribution in [0.15, 0.2) is 65.3 Å². The smallest absolute Gasteiger partial charge is 0.226 e. The van der Waals surface area contributed by atoms with Crippen molar-refractivity contribution in [1.29, 1.82) is 0 Å². The summed E-state index contributed by atoms with van der Waals surface area (Å²) >= 11 is 0. The number of amides is 1. The van der Waals surface area contributed by atoms with Gasteiger partial charge in [-0.3, -0.25) is 4.79 Å². The van der Waals surface area contributed by atoms with Crippen LogP contribution in [0.3, 0.4) is 0 Å². The van der Waals surface area contributed by atoms with Gasteiger partial charge in [0.05, 0.1) is 33.2 Å². The molecule has 0 atom stereocenters. The number of oxazole rings is 1. The molecule has 0 aliphatic heterocycles. The molecule has 8 nitrogen and oxygen atoms in total. The first-order valence-electron chi connectivity index (χ1n) is 10.6. The van der Waals surface area contributed by atoms with Crippen molar-refractivity contribution in [2.75, 3.05) is 19.5 Å². The number of methoxy groups -OCH3 is 2. The Morgan fingerprint density at radius 2 is 1.91 bits per heavy atom. The molecule has 0 bridgehead atoms. The number of ether oxygens (including phenoxy) is 2. The van der Waals surface area contributed by atoms with E-state index in [1.165, 1.54) is 5.56 Å². The van der Waals surface area contributed by atoms with Crippen LogP contribution in [-0.2, 0) is 17.8 Å². The van der Waals surface area contributed by atoms with Crippen LogP contribution in [0.25, 0.3) is 11.3 Å². The van der Waals surface area contributed by atoms with Crippen molar-refractivity contribution < 1.29 is 18.7 Å². The third kappa shape index (κ3) is 5.23. The maximum absolute atomic E-state index is 12.6. The molecule has 1 N–H and O–H groups in total. The SMILES string of the molecule is COc1cccc(Cn2nccc2NC(=O)CCc2ncc(-c3ccc(C)cc3)o2)c1OC. The number of carbonyl (C=O) groups is 1. The van der Waals surface area contributed by atoms with Crippen molar-refractivity contribution in [3.05, 3.63) is 77.9 Å². The molecule has 2 aromatic heterocycles. The Morgan fingerprint density at radius 1 is 1.09 bits per heavy atom. The van der Waals surface area contributed by atoms with Crippen molar-refractivity contribution in [2.24, 2.45) is 0 Å². The molecular weight excluding hydrogens is 420 g/mol. The van der Waals surface area contributed by atoms with E-state index in [1.54, 1.807) is 37.4 Å². The maximum atomic E-state index is 12.6. The van der Waals surface area contributed by atoms with E-state index in [4.69, 9.17) is 13.9 Å². The van der Waals surface area contributed by atoms with Gasteiger partial charge in [-0.25, -0.2) is 9.67 Å². The van der Waals surface area contributed by atoms with Gasteiger partial charge in [-0.05, 0) is 13.0 Å². The quantitative estimate of drug-likeness (QED) is 0.408. The van der Waals surface area contributed by atoms with Gasteiger partial charge in [-0.2, -0.15) is 5.10 Å². The second-order valence-corrected chi connectivity index (χ2v) is 7.56. The molecule has 4 rings (SSSR count). The molecule has 0 saturated carbocycles. The number of carbonyl (C=O) groups excluding carboxylic acids is 1. The van der Waals surface area contributed by atoms with E-state index in [1.807, 2.05) is 49.4 Å². The van der Waals surface area contributed by atoms with E-state index in [2.05, 4.69) is 15.4 Å². The van der Waals surface area contributed by atoms with Gasteiger partial charge < -0.3 is 19.2 Å². The monoisotopic (exact) mass is 446 g/mol. The van der Waals surface area contributed by atoms with E-state index in [0.29, 0.717) is 41.9 Å². The number of para-hydroxylation sites is 1. The molecule has 0 spiro atoms. The van der Waals surface area contributed by atoms with Crippen LogP contribution in [0.2, 0.25) is 0 Å². The van der Waals surface area contributed by atoms with Crippen molar-refractivity contribution in [2.45, 2.75) is 26.3 Å². The molecule has 170 valence electrons. The number of hydrogen-bond acceptors (Lipinski definition) is 6. The molecule has 2 heterocycles. The molecule has 0 aliphatic rings. The number of anilines is 1. The highest BCUT2D eigenvalue weighted by Crippen LogP contribution is 2.31. The van der Waals surface area contributed by atoms with Crippen LogP contribution in [-0.4, -0.2) is 34.9 Å². The minimum Gasteiger partial charge on any atom is -0.493 e. The average Bonchev–Trinajstić information content (AvgIpc) is 3.48. The molecule has 1 amide bonds. The summed E-state index contributed by atoms with van der Waals surface area (Å²) in [7, 11) is 3.19. The third-order valence-electron chi connectivity index (χ3n) is 5.24. The fourth-order valence-electron chi connectivity index (χ4n) is 3.51. The zero-order valence-corrected chi connectivity index (χ0v) is 18.9. The summed E-state index contributed by atoms with van der Waals surface area (Å²) in [6.45, 7) is 2.45. The summed E-state index contributed by atoms with van der Waals surface area (Å²) in [5, 5.41) is 7.24. The van der Waals surface area contributed by atoms with E-state index < -0.39 is 0 Å². The van der Waals surface area contributed by atoms with Crippen molar-refractivity contribution in [3.8, 4) is 22.8 Å². The highest BCUT2D eigenvalue weighted by molar-refractivity contribution is 5.89. The number of aryl methyl sites for hydroxylation is 2. The lowest BCUT2D eigenvalue weighted by Crippen LogP contribution is -2.16. The molecule has 0 fully saturated rings. The van der Waals surface area contributed by atoms with Gasteiger partial charge in [0.15, 0.2) is 23.1 Å². The Morgan fingerprint density at radius 3 is 2.67 bits per heavy atom. The standard InChI is InChI=1S/C25H26N4O4/c1-17-7-9-18(10-8-17)21-15-26-24(33-21)12-11-23(30)28-22-13-14-27-29(22)16-19-5-4-6-20(31-2)25(19)32-3/h4-10,13-15H,11-12,16H2,1-3H3,(H,28,30). The number of rotatable bonds is 9. The first-order chi connectivity index (χ1) is 16.1. The van der Waals surface area contributed by atoms with Crippen molar-refractivity contribution >= 4 is 11.7 Å². The summed E-state index contributed by atoms with van der Waals surface area (Å²) < 4.78 is 18.4. The van der Waals surface area contributed by atoms with Gasteiger partial charge in [0.1, 0.15) is 5.82 Å². The minimum atomic E-state index is -0.149. The predicted molar refractivity (Wildman–Crippen MR) is 125 cm³/mol. The van der Waals surface area contributed by atoms with Gasteiger partial charge in [-0.1, -0.05) is 42.0 Å². The fourth-order valence-corrected chi connectivity index (χ4v) is 3.51. The van der Waals surface area contributed by atoms with Crippen LogP contribution in [0.4, 0.5) is 5.82 Å². The van der Waals surface area contributed by atoms with Gasteiger partial charge in [0, 0.05) is 30.0 Å². The van der Waals surface area contributed by atoms with E-state index in [-0.39, 0.29) is 12.3 Å². The first-order valence-corrected chi connectivity index (χ1v) is 10.6. The van der Waals surface area contributed by atoms with Crippen LogP contribution in [0.5, 0.6) is 11.5 Å². The molecule has 0 saturated heterocycles. The second kappa shape index (κ2) is 10.0. The van der Waals surface area contributed by atoms with Gasteiger partial charge in [0.25, 0.3) is 0 Å². The Bertz CT molecular complexity index is 1230. The van der Waals surface area contributed by atoms with E-state index in [9.17, 15) is 4.79 Å². The lowest BCUT2D eigenvalue weighted by atomic mass is 10.1. The van der Waals surface area contributed by atoms with E-state index >= 15 is 0 Å². The summed E-state index contributed by atoms with van der Waals surface area (Å²) in [6.07, 6.45) is 3.97. The zero-order chi connectivity index (χ0) is 23.2. The highest BCUT2D eigenvalue weighted by Gasteiger charge is 2.14. The topological polar surface area (TPSA) is 91.4 Å². The Labute approximate surface area is 192 Å². The lowest BCUT2D eigenvalue weighted by Gasteiger charge is -2.14. The van der Waals surface area contributed by atoms with Crippen LogP contribution < -0.4 is 14.8 Å². The molecule has 8 heteroatoms. The van der Waals surface area contributed by atoms with Gasteiger partial charge in [-0.15, -0.1) is 0 Å². The number of nitrogens with zero attached hydrogens (tertiary/aromatic N) is 3. The second-order valence-electron chi connectivity index (χ2n) is 7.56. The summed E-state index contributed by atoms with van der Waals surface area (Å²) in [6, 6.07) is 15.4. The third-order valence-corrected chi connectivity index (χ3v) is 5.24. The Balaban J connectivity index is 1.37. The van der Waals surface area contributed by atoms with Crippen LogP contribution in [0, 0.1) is 6.92 Å². The molecule has 0 aliphatic carbocycles. The molecule has 33 heavy (non-hydrogen) atoms.